The Kier molecular flexibility index (Phi) is 19.5. The van der Waals surface area contributed by atoms with Crippen LogP contribution in [0.3, 0.4) is 0 Å². The van der Waals surface area contributed by atoms with E-state index in [2.05, 4.69) is 27.7 Å². The number of hydrogen-bond donors (Lipinski definition) is 0. The SMILES string of the molecule is CCCCCCCCCCCCOC[N+](CC)(CC)CC.[Cl-]. The molecule has 0 aromatic heterocycles. The quantitative estimate of drug-likeness (QED) is 0.239. The first kappa shape index (κ1) is 24.5. The first-order chi connectivity index (χ1) is 10.2. The highest BCUT2D eigenvalue weighted by Gasteiger charge is 2.20. The van der Waals surface area contributed by atoms with Gasteiger partial charge in [0.1, 0.15) is 0 Å². The van der Waals surface area contributed by atoms with Crippen molar-refractivity contribution in [1.29, 1.82) is 0 Å². The van der Waals surface area contributed by atoms with Gasteiger partial charge in [0.05, 0.1) is 26.2 Å². The fourth-order valence-corrected chi connectivity index (χ4v) is 2.89. The van der Waals surface area contributed by atoms with Crippen LogP contribution in [0.15, 0.2) is 0 Å². The topological polar surface area (TPSA) is 9.23 Å². The third-order valence-corrected chi connectivity index (χ3v) is 5.02. The molecule has 3 heteroatoms. The molecule has 0 atom stereocenters. The maximum atomic E-state index is 5.92. The van der Waals surface area contributed by atoms with Gasteiger partial charge in [-0.25, -0.2) is 0 Å². The Morgan fingerprint density at radius 2 is 1.00 bits per heavy atom. The second-order valence-electron chi connectivity index (χ2n) is 6.51. The summed E-state index contributed by atoms with van der Waals surface area (Å²) in [5.74, 6) is 0. The van der Waals surface area contributed by atoms with Gasteiger partial charge in [0, 0.05) is 0 Å². The Morgan fingerprint density at radius 3 is 1.41 bits per heavy atom. The van der Waals surface area contributed by atoms with Crippen molar-refractivity contribution in [2.75, 3.05) is 33.0 Å². The second-order valence-corrected chi connectivity index (χ2v) is 6.51. The maximum absolute atomic E-state index is 5.92. The third kappa shape index (κ3) is 12.7. The van der Waals surface area contributed by atoms with Gasteiger partial charge in [-0.05, 0) is 27.2 Å². The lowest BCUT2D eigenvalue weighted by Gasteiger charge is -2.35. The molecule has 22 heavy (non-hydrogen) atoms. The molecule has 0 aliphatic carbocycles. The Morgan fingerprint density at radius 1 is 0.591 bits per heavy atom. The number of halogens is 1. The lowest BCUT2D eigenvalue weighted by Crippen LogP contribution is -3.00. The first-order valence-electron chi connectivity index (χ1n) is 9.67. The van der Waals surface area contributed by atoms with E-state index in [9.17, 15) is 0 Å². The molecule has 0 fully saturated rings. The highest BCUT2D eigenvalue weighted by molar-refractivity contribution is 4.47. The normalized spacial score (nSPS) is 11.5. The van der Waals surface area contributed by atoms with Gasteiger partial charge in [-0.3, -0.25) is 0 Å². The number of hydrogen-bond acceptors (Lipinski definition) is 1. The molecule has 0 spiro atoms. The van der Waals surface area contributed by atoms with Crippen LogP contribution in [0.4, 0.5) is 0 Å². The summed E-state index contributed by atoms with van der Waals surface area (Å²) in [7, 11) is 0. The summed E-state index contributed by atoms with van der Waals surface area (Å²) in [5, 5.41) is 0. The molecular formula is C19H42ClNO. The molecule has 2 nitrogen and oxygen atoms in total. The standard InChI is InChI=1S/C19H42NO.ClH/c1-5-9-10-11-12-13-14-15-16-17-18-21-19-20(6-2,7-3)8-4;/h5-19H2,1-4H3;1H/q+1;/p-1. The Hall–Kier alpha value is 0.210. The predicted octanol–water partition coefficient (Wildman–Crippen LogP) is 2.76. The van der Waals surface area contributed by atoms with Crippen molar-refractivity contribution in [1.82, 2.24) is 0 Å². The summed E-state index contributed by atoms with van der Waals surface area (Å²) < 4.78 is 7.02. The van der Waals surface area contributed by atoms with Crippen molar-refractivity contribution in [3.05, 3.63) is 0 Å². The van der Waals surface area contributed by atoms with Crippen LogP contribution in [0.25, 0.3) is 0 Å². The Bertz CT molecular complexity index is 199. The van der Waals surface area contributed by atoms with Crippen molar-refractivity contribution in [2.24, 2.45) is 0 Å². The Balaban J connectivity index is 0. The van der Waals surface area contributed by atoms with E-state index in [1.807, 2.05) is 0 Å². The highest BCUT2D eigenvalue weighted by atomic mass is 35.5. The van der Waals surface area contributed by atoms with Crippen LogP contribution >= 0.6 is 0 Å². The van der Waals surface area contributed by atoms with Crippen molar-refractivity contribution in [2.45, 2.75) is 91.9 Å². The van der Waals surface area contributed by atoms with E-state index >= 15 is 0 Å². The van der Waals surface area contributed by atoms with Gasteiger partial charge in [0.2, 0.25) is 0 Å². The largest absolute Gasteiger partial charge is 1.00 e. The second kappa shape index (κ2) is 17.6. The summed E-state index contributed by atoms with van der Waals surface area (Å²) >= 11 is 0. The molecule has 0 aromatic carbocycles. The number of nitrogens with zero attached hydrogens (tertiary/aromatic N) is 1. The molecular weight excluding hydrogens is 294 g/mol. The van der Waals surface area contributed by atoms with E-state index in [0.717, 1.165) is 17.8 Å². The van der Waals surface area contributed by atoms with Crippen LogP contribution in [0.5, 0.6) is 0 Å². The summed E-state index contributed by atoms with van der Waals surface area (Å²) in [6, 6.07) is 0. The molecule has 0 saturated heterocycles. The van der Waals surface area contributed by atoms with E-state index in [4.69, 9.17) is 4.74 Å². The van der Waals surface area contributed by atoms with Crippen LogP contribution < -0.4 is 12.4 Å². The predicted molar refractivity (Wildman–Crippen MR) is 94.5 cm³/mol. The van der Waals surface area contributed by atoms with Crippen molar-refractivity contribution >= 4 is 0 Å². The zero-order chi connectivity index (χ0) is 15.8. The van der Waals surface area contributed by atoms with Gasteiger partial charge >= 0.3 is 0 Å². The van der Waals surface area contributed by atoms with E-state index in [1.54, 1.807) is 0 Å². The molecule has 0 bridgehead atoms. The van der Waals surface area contributed by atoms with Crippen LogP contribution in [-0.4, -0.2) is 37.5 Å². The smallest absolute Gasteiger partial charge is 0.183 e. The average Bonchev–Trinajstić information content (AvgIpc) is 2.53. The number of ether oxygens (including phenoxy) is 1. The highest BCUT2D eigenvalue weighted by Crippen LogP contribution is 2.11. The first-order valence-corrected chi connectivity index (χ1v) is 9.67. The molecule has 0 aliphatic rings. The van der Waals surface area contributed by atoms with E-state index in [1.165, 1.54) is 83.8 Å². The molecule has 0 saturated carbocycles. The maximum Gasteiger partial charge on any atom is 0.183 e. The molecule has 0 rings (SSSR count). The summed E-state index contributed by atoms with van der Waals surface area (Å²) in [6.07, 6.45) is 14.0. The van der Waals surface area contributed by atoms with Gasteiger partial charge in [0.25, 0.3) is 0 Å². The summed E-state index contributed by atoms with van der Waals surface area (Å²) in [5.41, 5.74) is 0. The van der Waals surface area contributed by atoms with Gasteiger partial charge in [-0.15, -0.1) is 0 Å². The summed E-state index contributed by atoms with van der Waals surface area (Å²) in [4.78, 5) is 0. The van der Waals surface area contributed by atoms with Crippen molar-refractivity contribution < 1.29 is 21.6 Å². The van der Waals surface area contributed by atoms with Crippen LogP contribution in [0.2, 0.25) is 0 Å². The van der Waals surface area contributed by atoms with Crippen molar-refractivity contribution in [3.63, 3.8) is 0 Å². The van der Waals surface area contributed by atoms with Crippen molar-refractivity contribution in [3.8, 4) is 0 Å². The Labute approximate surface area is 147 Å². The van der Waals surface area contributed by atoms with E-state index in [0.29, 0.717) is 0 Å². The monoisotopic (exact) mass is 335 g/mol. The minimum atomic E-state index is 0. The number of rotatable bonds is 16. The fraction of sp³-hybridized carbons (Fsp3) is 1.00. The minimum absolute atomic E-state index is 0. The van der Waals surface area contributed by atoms with Gasteiger partial charge in [-0.2, -0.15) is 0 Å². The molecule has 0 heterocycles. The molecule has 136 valence electrons. The van der Waals surface area contributed by atoms with E-state index in [-0.39, 0.29) is 12.4 Å². The third-order valence-electron chi connectivity index (χ3n) is 5.02. The van der Waals surface area contributed by atoms with Crippen LogP contribution in [-0.2, 0) is 4.74 Å². The fourth-order valence-electron chi connectivity index (χ4n) is 2.89. The van der Waals surface area contributed by atoms with Gasteiger partial charge < -0.3 is 21.6 Å². The molecule has 0 aliphatic heterocycles. The average molecular weight is 336 g/mol. The van der Waals surface area contributed by atoms with E-state index < -0.39 is 0 Å². The molecule has 0 aromatic rings. The molecule has 0 N–H and O–H groups in total. The van der Waals surface area contributed by atoms with Crippen LogP contribution in [0, 0.1) is 0 Å². The zero-order valence-corrected chi connectivity index (χ0v) is 16.6. The number of unbranched alkanes of at least 4 members (excludes halogenated alkanes) is 9. The van der Waals surface area contributed by atoms with Gasteiger partial charge in [0.15, 0.2) is 6.73 Å². The molecule has 0 unspecified atom stereocenters. The summed E-state index contributed by atoms with van der Waals surface area (Å²) in [6.45, 7) is 14.5. The van der Waals surface area contributed by atoms with Gasteiger partial charge in [-0.1, -0.05) is 64.7 Å². The minimum Gasteiger partial charge on any atom is -1.00 e. The zero-order valence-electron chi connectivity index (χ0n) is 15.8. The molecule has 0 radical (unpaired) electrons. The lowest BCUT2D eigenvalue weighted by atomic mass is 10.1. The lowest BCUT2D eigenvalue weighted by molar-refractivity contribution is -0.941. The number of quaternary nitrogens is 1. The molecule has 0 amide bonds. The van der Waals surface area contributed by atoms with Crippen LogP contribution in [0.1, 0.15) is 91.9 Å².